The molecule has 0 radical (unpaired) electrons. The van der Waals surface area contributed by atoms with Gasteiger partial charge >= 0.3 is 0 Å². The number of sulfone groups is 1. The zero-order valence-corrected chi connectivity index (χ0v) is 10.7. The molecule has 1 unspecified atom stereocenters. The van der Waals surface area contributed by atoms with Crippen molar-refractivity contribution in [1.82, 2.24) is 15.1 Å². The molecule has 0 aromatic carbocycles. The Morgan fingerprint density at radius 2 is 2.17 bits per heavy atom. The molecule has 2 rings (SSSR count). The fourth-order valence-corrected chi connectivity index (χ4v) is 1.78. The molecule has 2 aromatic rings. The van der Waals surface area contributed by atoms with Gasteiger partial charge in [-0.3, -0.25) is 4.98 Å². The third-order valence-corrected chi connectivity index (χ3v) is 4.03. The Labute approximate surface area is 104 Å². The predicted molar refractivity (Wildman–Crippen MR) is 65.2 cm³/mol. The zero-order valence-electron chi connectivity index (χ0n) is 9.86. The van der Waals surface area contributed by atoms with E-state index >= 15 is 0 Å². The molecule has 18 heavy (non-hydrogen) atoms. The van der Waals surface area contributed by atoms with Crippen LogP contribution in [-0.2, 0) is 9.84 Å². The van der Waals surface area contributed by atoms with E-state index in [4.69, 9.17) is 10.3 Å². The van der Waals surface area contributed by atoms with Crippen LogP contribution in [0.15, 0.2) is 23.0 Å². The highest BCUT2D eigenvalue weighted by atomic mass is 32.2. The number of hydrogen-bond acceptors (Lipinski definition) is 7. The number of nitrogens with two attached hydrogens (primary N) is 1. The Kier molecular flexibility index (Phi) is 3.04. The highest BCUT2D eigenvalue weighted by Gasteiger charge is 2.23. The molecular formula is C10H12N4O3S. The van der Waals surface area contributed by atoms with Gasteiger partial charge in [-0.15, -0.1) is 0 Å². The molecule has 0 aliphatic rings. The van der Waals surface area contributed by atoms with Gasteiger partial charge in [0, 0.05) is 12.5 Å². The summed E-state index contributed by atoms with van der Waals surface area (Å²) in [6, 6.07) is 1.62. The molecule has 0 aliphatic heterocycles. The number of nitrogens with zero attached hydrogens (tertiary/aromatic N) is 3. The summed E-state index contributed by atoms with van der Waals surface area (Å²) in [5.41, 5.74) is 6.64. The highest BCUT2D eigenvalue weighted by molar-refractivity contribution is 7.90. The van der Waals surface area contributed by atoms with Crippen molar-refractivity contribution >= 4 is 15.5 Å². The van der Waals surface area contributed by atoms with Crippen LogP contribution in [0.2, 0.25) is 0 Å². The summed E-state index contributed by atoms with van der Waals surface area (Å²) in [5.74, 6) is 0.295. The van der Waals surface area contributed by atoms with Gasteiger partial charge in [0.05, 0.1) is 17.4 Å². The molecule has 0 bridgehead atoms. The number of hydrogen-bond donors (Lipinski definition) is 1. The lowest BCUT2D eigenvalue weighted by atomic mass is 10.2. The van der Waals surface area contributed by atoms with E-state index < -0.39 is 15.1 Å². The molecule has 2 aromatic heterocycles. The first-order valence-electron chi connectivity index (χ1n) is 5.12. The van der Waals surface area contributed by atoms with Crippen LogP contribution in [0.25, 0.3) is 11.5 Å². The van der Waals surface area contributed by atoms with Gasteiger partial charge < -0.3 is 10.3 Å². The average Bonchev–Trinajstić information content (AvgIpc) is 2.76. The van der Waals surface area contributed by atoms with E-state index in [1.807, 2.05) is 0 Å². The summed E-state index contributed by atoms with van der Waals surface area (Å²) in [6.45, 7) is 1.50. The number of anilines is 1. The van der Waals surface area contributed by atoms with Crippen LogP contribution in [0.1, 0.15) is 18.0 Å². The van der Waals surface area contributed by atoms with Gasteiger partial charge in [0.1, 0.15) is 5.25 Å². The average molecular weight is 268 g/mol. The quantitative estimate of drug-likeness (QED) is 0.876. The summed E-state index contributed by atoms with van der Waals surface area (Å²) in [4.78, 5) is 7.88. The van der Waals surface area contributed by atoms with Gasteiger partial charge in [-0.1, -0.05) is 5.16 Å². The van der Waals surface area contributed by atoms with E-state index in [1.54, 1.807) is 6.07 Å². The van der Waals surface area contributed by atoms with E-state index in [0.29, 0.717) is 11.3 Å². The van der Waals surface area contributed by atoms with E-state index in [-0.39, 0.29) is 11.7 Å². The van der Waals surface area contributed by atoms with Gasteiger partial charge in [0.15, 0.2) is 15.7 Å². The second kappa shape index (κ2) is 4.37. The summed E-state index contributed by atoms with van der Waals surface area (Å²) in [5, 5.41) is 2.84. The molecule has 0 saturated heterocycles. The fraction of sp³-hybridized carbons (Fsp3) is 0.300. The fourth-order valence-electron chi connectivity index (χ4n) is 1.30. The van der Waals surface area contributed by atoms with Crippen molar-refractivity contribution in [3.63, 3.8) is 0 Å². The second-order valence-corrected chi connectivity index (χ2v) is 6.26. The first-order valence-corrected chi connectivity index (χ1v) is 7.07. The molecule has 7 nitrogen and oxygen atoms in total. The molecule has 96 valence electrons. The molecule has 8 heteroatoms. The van der Waals surface area contributed by atoms with Crippen molar-refractivity contribution in [2.75, 3.05) is 12.0 Å². The van der Waals surface area contributed by atoms with Crippen LogP contribution in [-0.4, -0.2) is 29.8 Å². The molecular weight excluding hydrogens is 256 g/mol. The molecule has 2 N–H and O–H groups in total. The highest BCUT2D eigenvalue weighted by Crippen LogP contribution is 2.25. The minimum atomic E-state index is -3.26. The van der Waals surface area contributed by atoms with E-state index in [2.05, 4.69) is 15.1 Å². The molecule has 0 spiro atoms. The third kappa shape index (κ3) is 2.33. The summed E-state index contributed by atoms with van der Waals surface area (Å²) >= 11 is 0. The Morgan fingerprint density at radius 3 is 2.78 bits per heavy atom. The third-order valence-electron chi connectivity index (χ3n) is 2.53. The maximum Gasteiger partial charge on any atom is 0.260 e. The predicted octanol–water partition coefficient (Wildman–Crippen LogP) is 0.819. The van der Waals surface area contributed by atoms with Crippen LogP contribution in [0.5, 0.6) is 0 Å². The topological polar surface area (TPSA) is 112 Å². The molecule has 0 aliphatic carbocycles. The van der Waals surface area contributed by atoms with Crippen LogP contribution in [0, 0.1) is 0 Å². The van der Waals surface area contributed by atoms with Crippen molar-refractivity contribution in [2.24, 2.45) is 0 Å². The van der Waals surface area contributed by atoms with Gasteiger partial charge in [0.25, 0.3) is 5.89 Å². The van der Waals surface area contributed by atoms with E-state index in [0.717, 1.165) is 6.26 Å². The van der Waals surface area contributed by atoms with Crippen molar-refractivity contribution < 1.29 is 12.9 Å². The number of pyridine rings is 1. The zero-order chi connectivity index (χ0) is 13.3. The summed E-state index contributed by atoms with van der Waals surface area (Å²) in [7, 11) is -3.26. The molecule has 0 amide bonds. The lowest BCUT2D eigenvalue weighted by Gasteiger charge is -2.02. The Bertz CT molecular complexity index is 665. The summed E-state index contributed by atoms with van der Waals surface area (Å²) < 4.78 is 27.8. The number of nitrogen functional groups attached to an aromatic ring is 1. The van der Waals surface area contributed by atoms with Crippen LogP contribution < -0.4 is 5.73 Å². The Hall–Kier alpha value is -1.96. The number of aromatic nitrogens is 3. The van der Waals surface area contributed by atoms with Crippen LogP contribution >= 0.6 is 0 Å². The lowest BCUT2D eigenvalue weighted by Crippen LogP contribution is -2.09. The van der Waals surface area contributed by atoms with Crippen LogP contribution in [0.4, 0.5) is 5.69 Å². The Morgan fingerprint density at radius 1 is 1.44 bits per heavy atom. The lowest BCUT2D eigenvalue weighted by molar-refractivity contribution is 0.422. The summed E-state index contributed by atoms with van der Waals surface area (Å²) in [6.07, 6.45) is 4.11. The first-order chi connectivity index (χ1) is 8.39. The van der Waals surface area contributed by atoms with Gasteiger partial charge in [-0.05, 0) is 13.0 Å². The molecule has 0 fully saturated rings. The van der Waals surface area contributed by atoms with Crippen molar-refractivity contribution in [1.29, 1.82) is 0 Å². The second-order valence-electron chi connectivity index (χ2n) is 3.89. The van der Waals surface area contributed by atoms with Gasteiger partial charge in [0.2, 0.25) is 0 Å². The minimum Gasteiger partial charge on any atom is -0.397 e. The maximum atomic E-state index is 11.4. The number of rotatable bonds is 3. The molecule has 0 saturated carbocycles. The normalized spacial score (nSPS) is 13.4. The Balaban J connectivity index is 2.41. The first kappa shape index (κ1) is 12.5. The van der Waals surface area contributed by atoms with E-state index in [1.165, 1.54) is 19.3 Å². The molecule has 2 heterocycles. The van der Waals surface area contributed by atoms with Gasteiger partial charge in [-0.25, -0.2) is 8.42 Å². The monoisotopic (exact) mass is 268 g/mol. The minimum absolute atomic E-state index is 0.115. The SMILES string of the molecule is CC(c1noc(-c2ccncc2N)n1)S(C)(=O)=O. The standard InChI is InChI=1S/C10H12N4O3S/c1-6(18(2,15)16)9-13-10(17-14-9)7-3-4-12-5-8(7)11/h3-6H,11H2,1-2H3. The maximum absolute atomic E-state index is 11.4. The van der Waals surface area contributed by atoms with Crippen molar-refractivity contribution in [2.45, 2.75) is 12.2 Å². The van der Waals surface area contributed by atoms with Gasteiger partial charge in [-0.2, -0.15) is 4.98 Å². The van der Waals surface area contributed by atoms with Crippen molar-refractivity contribution in [3.8, 4) is 11.5 Å². The van der Waals surface area contributed by atoms with E-state index in [9.17, 15) is 8.42 Å². The molecule has 1 atom stereocenters. The largest absolute Gasteiger partial charge is 0.397 e. The smallest absolute Gasteiger partial charge is 0.260 e. The van der Waals surface area contributed by atoms with Crippen molar-refractivity contribution in [3.05, 3.63) is 24.3 Å². The van der Waals surface area contributed by atoms with Crippen LogP contribution in [0.3, 0.4) is 0 Å².